The number of ether oxygens (including phenoxy) is 1. The van der Waals surface area contributed by atoms with Crippen LogP contribution in [0, 0.1) is 0 Å². The lowest BCUT2D eigenvalue weighted by molar-refractivity contribution is -0.113. The number of piperazine rings is 1. The van der Waals surface area contributed by atoms with Crippen molar-refractivity contribution in [3.05, 3.63) is 83.4 Å². The Morgan fingerprint density at radius 3 is 2.41 bits per heavy atom. The summed E-state index contributed by atoms with van der Waals surface area (Å²) in [7, 11) is 1.58. The Morgan fingerprint density at radius 2 is 1.69 bits per heavy atom. The number of carbonyl (C=O) groups excluding carboxylic acids is 2. The molecule has 1 fully saturated rings. The third kappa shape index (κ3) is 6.32. The van der Waals surface area contributed by atoms with Crippen LogP contribution in [-0.4, -0.2) is 76.0 Å². The van der Waals surface area contributed by atoms with Gasteiger partial charge in [-0.15, -0.1) is 5.10 Å². The zero-order valence-corrected chi connectivity index (χ0v) is 22.7. The molecule has 1 aromatic heterocycles. The number of hydrogen-bond donors (Lipinski definition) is 1. The number of halogens is 1. The molecule has 0 atom stereocenters. The second-order valence-electron chi connectivity index (χ2n) is 8.71. The van der Waals surface area contributed by atoms with Gasteiger partial charge in [-0.3, -0.25) is 9.59 Å². The van der Waals surface area contributed by atoms with Crippen LogP contribution in [0.15, 0.2) is 78.0 Å². The fourth-order valence-electron chi connectivity index (χ4n) is 4.25. The van der Waals surface area contributed by atoms with Crippen molar-refractivity contribution in [2.45, 2.75) is 5.16 Å². The monoisotopic (exact) mass is 563 g/mol. The van der Waals surface area contributed by atoms with Gasteiger partial charge in [0, 0.05) is 48.1 Å². The van der Waals surface area contributed by atoms with Gasteiger partial charge >= 0.3 is 0 Å². The van der Waals surface area contributed by atoms with Crippen molar-refractivity contribution in [1.82, 2.24) is 25.1 Å². The molecule has 12 heteroatoms. The molecular formula is C27H26ClN7O3S. The Morgan fingerprint density at radius 1 is 0.974 bits per heavy atom. The normalized spacial score (nSPS) is 13.3. The third-order valence-corrected chi connectivity index (χ3v) is 7.43. The van der Waals surface area contributed by atoms with E-state index < -0.39 is 0 Å². The number of amides is 2. The van der Waals surface area contributed by atoms with Crippen LogP contribution < -0.4 is 15.0 Å². The van der Waals surface area contributed by atoms with Crippen LogP contribution in [0.1, 0.15) is 10.4 Å². The molecule has 2 amide bonds. The van der Waals surface area contributed by atoms with Crippen molar-refractivity contribution in [1.29, 1.82) is 0 Å². The number of methoxy groups -OCH3 is 1. The summed E-state index contributed by atoms with van der Waals surface area (Å²) in [6.45, 7) is 2.71. The van der Waals surface area contributed by atoms with E-state index in [9.17, 15) is 9.59 Å². The number of anilines is 2. The lowest BCUT2D eigenvalue weighted by Crippen LogP contribution is -2.48. The topological polar surface area (TPSA) is 105 Å². The van der Waals surface area contributed by atoms with Crippen LogP contribution in [-0.2, 0) is 4.79 Å². The fourth-order valence-corrected chi connectivity index (χ4v) is 5.06. The van der Waals surface area contributed by atoms with Crippen LogP contribution in [0.5, 0.6) is 5.75 Å². The molecule has 3 aromatic carbocycles. The first-order chi connectivity index (χ1) is 19.0. The van der Waals surface area contributed by atoms with Gasteiger partial charge in [-0.05, 0) is 71.1 Å². The Labute approximate surface area is 234 Å². The Kier molecular flexibility index (Phi) is 8.28. The van der Waals surface area contributed by atoms with E-state index in [1.54, 1.807) is 36.1 Å². The smallest absolute Gasteiger partial charge is 0.253 e. The molecule has 0 bridgehead atoms. The summed E-state index contributed by atoms with van der Waals surface area (Å²) < 4.78 is 6.94. The van der Waals surface area contributed by atoms with Gasteiger partial charge in [0.05, 0.1) is 12.9 Å². The summed E-state index contributed by atoms with van der Waals surface area (Å²) in [5, 5.41) is 15.8. The maximum absolute atomic E-state index is 12.8. The molecule has 10 nitrogen and oxygen atoms in total. The Bertz CT molecular complexity index is 1440. The van der Waals surface area contributed by atoms with Gasteiger partial charge < -0.3 is 19.9 Å². The predicted octanol–water partition coefficient (Wildman–Crippen LogP) is 4.02. The number of hydrogen-bond acceptors (Lipinski definition) is 8. The van der Waals surface area contributed by atoms with Crippen molar-refractivity contribution in [3.8, 4) is 11.4 Å². The van der Waals surface area contributed by atoms with E-state index in [0.29, 0.717) is 46.0 Å². The standard InChI is InChI=1S/C27H26ClN7O3S/c1-38-24-5-3-2-4-23(24)35-27(30-31-32-35)39-18-25(36)29-21-10-12-22(13-11-21)33-14-16-34(17-15-33)26(37)19-6-8-20(28)9-7-19/h2-13H,14-18H2,1H3,(H,29,36). The number of aromatic nitrogens is 4. The zero-order chi connectivity index (χ0) is 27.2. The van der Waals surface area contributed by atoms with E-state index in [4.69, 9.17) is 16.3 Å². The van der Waals surface area contributed by atoms with Crippen molar-refractivity contribution >= 4 is 46.6 Å². The van der Waals surface area contributed by atoms with Gasteiger partial charge in [-0.25, -0.2) is 0 Å². The average Bonchev–Trinajstić information content (AvgIpc) is 3.45. The van der Waals surface area contributed by atoms with Crippen molar-refractivity contribution in [3.63, 3.8) is 0 Å². The lowest BCUT2D eigenvalue weighted by Gasteiger charge is -2.36. The van der Waals surface area contributed by atoms with Crippen LogP contribution >= 0.6 is 23.4 Å². The van der Waals surface area contributed by atoms with Gasteiger partial charge in [0.15, 0.2) is 0 Å². The van der Waals surface area contributed by atoms with Crippen LogP contribution in [0.25, 0.3) is 5.69 Å². The number of thioether (sulfide) groups is 1. The summed E-state index contributed by atoms with van der Waals surface area (Å²) in [4.78, 5) is 29.4. The van der Waals surface area contributed by atoms with Crippen molar-refractivity contribution < 1.29 is 14.3 Å². The molecule has 0 unspecified atom stereocenters. The lowest BCUT2D eigenvalue weighted by atomic mass is 10.1. The quantitative estimate of drug-likeness (QED) is 0.321. The Hall–Kier alpha value is -4.09. The second-order valence-corrected chi connectivity index (χ2v) is 10.1. The van der Waals surface area contributed by atoms with E-state index in [2.05, 4.69) is 25.7 Å². The summed E-state index contributed by atoms with van der Waals surface area (Å²) in [5.74, 6) is 0.613. The molecule has 200 valence electrons. The summed E-state index contributed by atoms with van der Waals surface area (Å²) in [6, 6.07) is 22.1. The molecule has 5 rings (SSSR count). The van der Waals surface area contributed by atoms with Gasteiger partial charge in [0.2, 0.25) is 11.1 Å². The number of nitrogens with one attached hydrogen (secondary N) is 1. The summed E-state index contributed by atoms with van der Waals surface area (Å²) in [5.41, 5.74) is 3.07. The van der Waals surface area contributed by atoms with Gasteiger partial charge in [0.25, 0.3) is 5.91 Å². The van der Waals surface area contributed by atoms with Crippen molar-refractivity contribution in [2.75, 3.05) is 49.3 Å². The Balaban J connectivity index is 1.12. The van der Waals surface area contributed by atoms with Gasteiger partial charge in [0.1, 0.15) is 11.4 Å². The molecule has 2 heterocycles. The van der Waals surface area contributed by atoms with Crippen LogP contribution in [0.4, 0.5) is 11.4 Å². The van der Waals surface area contributed by atoms with Gasteiger partial charge in [-0.1, -0.05) is 35.5 Å². The summed E-state index contributed by atoms with van der Waals surface area (Å²) in [6.07, 6.45) is 0. The molecule has 0 saturated carbocycles. The minimum absolute atomic E-state index is 0.0131. The molecule has 39 heavy (non-hydrogen) atoms. The maximum Gasteiger partial charge on any atom is 0.253 e. The highest BCUT2D eigenvalue weighted by Gasteiger charge is 2.22. The first kappa shape index (κ1) is 26.5. The first-order valence-electron chi connectivity index (χ1n) is 12.3. The van der Waals surface area contributed by atoms with Crippen molar-refractivity contribution in [2.24, 2.45) is 0 Å². The number of tetrazole rings is 1. The van der Waals surface area contributed by atoms with E-state index >= 15 is 0 Å². The molecule has 1 aliphatic rings. The van der Waals surface area contributed by atoms with Crippen LogP contribution in [0.3, 0.4) is 0 Å². The number of para-hydroxylation sites is 2. The largest absolute Gasteiger partial charge is 0.494 e. The van der Waals surface area contributed by atoms with E-state index in [0.717, 1.165) is 18.8 Å². The first-order valence-corrected chi connectivity index (χ1v) is 13.6. The molecule has 1 aliphatic heterocycles. The molecular weight excluding hydrogens is 538 g/mol. The second kappa shape index (κ2) is 12.2. The highest BCUT2D eigenvalue weighted by molar-refractivity contribution is 7.99. The number of carbonyl (C=O) groups is 2. The third-order valence-electron chi connectivity index (χ3n) is 6.26. The van der Waals surface area contributed by atoms with E-state index in [-0.39, 0.29) is 17.6 Å². The molecule has 0 aliphatic carbocycles. The predicted molar refractivity (Wildman–Crippen MR) is 151 cm³/mol. The van der Waals surface area contributed by atoms with E-state index in [1.165, 1.54) is 11.8 Å². The van der Waals surface area contributed by atoms with Gasteiger partial charge in [-0.2, -0.15) is 4.68 Å². The number of rotatable bonds is 8. The average molecular weight is 564 g/mol. The zero-order valence-electron chi connectivity index (χ0n) is 21.2. The molecule has 0 radical (unpaired) electrons. The highest BCUT2D eigenvalue weighted by atomic mass is 35.5. The minimum Gasteiger partial charge on any atom is -0.494 e. The number of nitrogens with zero attached hydrogens (tertiary/aromatic N) is 6. The highest BCUT2D eigenvalue weighted by Crippen LogP contribution is 2.26. The molecule has 1 saturated heterocycles. The molecule has 4 aromatic rings. The fraction of sp³-hybridized carbons (Fsp3) is 0.222. The summed E-state index contributed by atoms with van der Waals surface area (Å²) >= 11 is 7.17. The number of benzene rings is 3. The van der Waals surface area contributed by atoms with Crippen LogP contribution in [0.2, 0.25) is 5.02 Å². The van der Waals surface area contributed by atoms with E-state index in [1.807, 2.05) is 53.4 Å². The molecule has 1 N–H and O–H groups in total. The maximum atomic E-state index is 12.8. The minimum atomic E-state index is -0.170. The SMILES string of the molecule is COc1ccccc1-n1nnnc1SCC(=O)Nc1ccc(N2CCN(C(=O)c3ccc(Cl)cc3)CC2)cc1. The molecule has 0 spiro atoms.